The zero-order valence-corrected chi connectivity index (χ0v) is 13.5. The summed E-state index contributed by atoms with van der Waals surface area (Å²) in [6.45, 7) is 5.04. The van der Waals surface area contributed by atoms with Gasteiger partial charge < -0.3 is 15.2 Å². The maximum absolute atomic E-state index is 12.4. The molecule has 3 rings (SSSR count). The van der Waals surface area contributed by atoms with E-state index in [1.807, 2.05) is 0 Å². The van der Waals surface area contributed by atoms with Gasteiger partial charge in [0.25, 0.3) is 0 Å². The van der Waals surface area contributed by atoms with E-state index in [2.05, 4.69) is 19.2 Å². The highest BCUT2D eigenvalue weighted by Gasteiger charge is 2.58. The number of fused-ring (bicyclic) bond motifs is 1. The van der Waals surface area contributed by atoms with Crippen molar-refractivity contribution in [3.8, 4) is 0 Å². The molecule has 0 aromatic heterocycles. The zero-order valence-electron chi connectivity index (χ0n) is 13.5. The van der Waals surface area contributed by atoms with Crippen LogP contribution in [-0.2, 0) is 16.0 Å². The first-order valence-electron chi connectivity index (χ1n) is 8.13. The normalized spacial score (nSPS) is 28.3. The molecule has 124 valence electrons. The second-order valence-corrected chi connectivity index (χ2v) is 7.10. The van der Waals surface area contributed by atoms with Crippen molar-refractivity contribution in [3.05, 3.63) is 35.4 Å². The monoisotopic (exact) mass is 317 g/mol. The fourth-order valence-electron chi connectivity index (χ4n) is 4.10. The molecule has 3 unspecified atom stereocenters. The zero-order chi connectivity index (χ0) is 16.6. The molecule has 1 saturated heterocycles. The summed E-state index contributed by atoms with van der Waals surface area (Å²) in [5, 5.41) is 12.3. The molecule has 2 fully saturated rings. The van der Waals surface area contributed by atoms with Crippen molar-refractivity contribution in [2.45, 2.75) is 45.3 Å². The van der Waals surface area contributed by atoms with Crippen molar-refractivity contribution in [1.82, 2.24) is 5.32 Å². The van der Waals surface area contributed by atoms with Crippen molar-refractivity contribution < 1.29 is 19.4 Å². The Morgan fingerprint density at radius 1 is 1.35 bits per heavy atom. The topological polar surface area (TPSA) is 75.6 Å². The van der Waals surface area contributed by atoms with Crippen molar-refractivity contribution >= 4 is 11.9 Å². The Hall–Kier alpha value is -1.88. The average molecular weight is 317 g/mol. The molecular weight excluding hydrogens is 294 g/mol. The maximum Gasteiger partial charge on any atom is 0.335 e. The van der Waals surface area contributed by atoms with Crippen LogP contribution in [0.5, 0.6) is 0 Å². The van der Waals surface area contributed by atoms with Crippen molar-refractivity contribution in [2.24, 2.45) is 11.3 Å². The van der Waals surface area contributed by atoms with E-state index in [1.165, 1.54) is 6.07 Å². The van der Waals surface area contributed by atoms with E-state index >= 15 is 0 Å². The van der Waals surface area contributed by atoms with Crippen molar-refractivity contribution in [2.75, 3.05) is 6.61 Å². The number of amides is 1. The number of ether oxygens (including phenoxy) is 1. The van der Waals surface area contributed by atoms with Gasteiger partial charge in [-0.15, -0.1) is 0 Å². The molecule has 5 nitrogen and oxygen atoms in total. The first kappa shape index (κ1) is 16.0. The highest BCUT2D eigenvalue weighted by molar-refractivity contribution is 5.91. The van der Waals surface area contributed by atoms with Gasteiger partial charge in [-0.1, -0.05) is 32.0 Å². The first-order chi connectivity index (χ1) is 10.9. The number of carbonyl (C=O) groups is 2. The van der Waals surface area contributed by atoms with E-state index in [9.17, 15) is 14.7 Å². The maximum atomic E-state index is 12.4. The number of aromatic carboxylic acids is 1. The fraction of sp³-hybridized carbons (Fsp3) is 0.556. The van der Waals surface area contributed by atoms with Crippen molar-refractivity contribution in [1.29, 1.82) is 0 Å². The van der Waals surface area contributed by atoms with E-state index < -0.39 is 5.97 Å². The minimum Gasteiger partial charge on any atom is -0.478 e. The Labute approximate surface area is 136 Å². The van der Waals surface area contributed by atoms with Gasteiger partial charge in [-0.3, -0.25) is 4.79 Å². The summed E-state index contributed by atoms with van der Waals surface area (Å²) in [5.41, 5.74) is 0.660. The first-order valence-corrected chi connectivity index (χ1v) is 8.13. The van der Waals surface area contributed by atoms with Crippen LogP contribution in [-0.4, -0.2) is 35.7 Å². The molecular formula is C18H23NO4. The molecule has 1 aliphatic heterocycles. The Kier molecular flexibility index (Phi) is 4.15. The Morgan fingerprint density at radius 2 is 2.09 bits per heavy atom. The molecule has 2 N–H and O–H groups in total. The molecule has 1 aromatic carbocycles. The summed E-state index contributed by atoms with van der Waals surface area (Å²) in [7, 11) is 0. The smallest absolute Gasteiger partial charge is 0.335 e. The van der Waals surface area contributed by atoms with E-state index in [0.717, 1.165) is 19.4 Å². The molecule has 0 radical (unpaired) electrons. The lowest BCUT2D eigenvalue weighted by Gasteiger charge is -2.59. The number of carboxylic acid groups (broad SMARTS) is 1. The van der Waals surface area contributed by atoms with Crippen LogP contribution in [0.25, 0.3) is 0 Å². The van der Waals surface area contributed by atoms with Gasteiger partial charge in [0.05, 0.1) is 18.1 Å². The Bertz CT molecular complexity index is 625. The van der Waals surface area contributed by atoms with Gasteiger partial charge in [-0.05, 0) is 24.5 Å². The second-order valence-electron chi connectivity index (χ2n) is 7.10. The third-order valence-corrected chi connectivity index (χ3v) is 5.25. The second kappa shape index (κ2) is 5.96. The molecule has 0 spiro atoms. The lowest BCUT2D eigenvalue weighted by Crippen LogP contribution is -2.70. The summed E-state index contributed by atoms with van der Waals surface area (Å²) in [5.74, 6) is -0.753. The summed E-state index contributed by atoms with van der Waals surface area (Å²) in [6, 6.07) is 6.75. The summed E-state index contributed by atoms with van der Waals surface area (Å²) in [6.07, 6.45) is 2.41. The van der Waals surface area contributed by atoms with Gasteiger partial charge >= 0.3 is 5.97 Å². The largest absolute Gasteiger partial charge is 0.478 e. The third-order valence-electron chi connectivity index (χ3n) is 5.25. The predicted octanol–water partition coefficient (Wildman–Crippen LogP) is 2.25. The molecule has 5 heteroatoms. The van der Waals surface area contributed by atoms with Crippen LogP contribution in [0.3, 0.4) is 0 Å². The summed E-state index contributed by atoms with van der Waals surface area (Å²) in [4.78, 5) is 23.6. The molecule has 3 atom stereocenters. The molecule has 23 heavy (non-hydrogen) atoms. The number of carbonyl (C=O) groups excluding carboxylic acids is 1. The van der Waals surface area contributed by atoms with Gasteiger partial charge in [0.15, 0.2) is 0 Å². The van der Waals surface area contributed by atoms with E-state index in [0.29, 0.717) is 11.5 Å². The van der Waals surface area contributed by atoms with Crippen molar-refractivity contribution in [3.63, 3.8) is 0 Å². The predicted molar refractivity (Wildman–Crippen MR) is 85.3 cm³/mol. The van der Waals surface area contributed by atoms with Crippen LogP contribution in [0, 0.1) is 11.3 Å². The number of benzene rings is 1. The van der Waals surface area contributed by atoms with Crippen LogP contribution in [0.15, 0.2) is 24.3 Å². The van der Waals surface area contributed by atoms with Gasteiger partial charge in [-0.25, -0.2) is 4.79 Å². The lowest BCUT2D eigenvalue weighted by molar-refractivity contribution is -0.193. The van der Waals surface area contributed by atoms with Crippen LogP contribution in [0.1, 0.15) is 42.6 Å². The summed E-state index contributed by atoms with van der Waals surface area (Å²) >= 11 is 0. The number of carboxylic acids is 1. The molecule has 1 aromatic rings. The molecule has 1 aliphatic carbocycles. The number of nitrogens with one attached hydrogen (secondary N) is 1. The van der Waals surface area contributed by atoms with Crippen LogP contribution in [0.2, 0.25) is 0 Å². The fourth-order valence-corrected chi connectivity index (χ4v) is 4.10. The van der Waals surface area contributed by atoms with E-state index in [4.69, 9.17) is 4.74 Å². The minimum absolute atomic E-state index is 0.0763. The highest BCUT2D eigenvalue weighted by Crippen LogP contribution is 2.51. The van der Waals surface area contributed by atoms with Crippen LogP contribution in [0.4, 0.5) is 0 Å². The Morgan fingerprint density at radius 3 is 2.83 bits per heavy atom. The standard InChI is InChI=1S/C18H23NO4/c1-18(2)15(13-8-5-9-23-16(13)18)19-14(20)10-11-6-3-4-7-12(11)17(21)22/h3-4,6-7,13,15-16H,5,8-10H2,1-2H3,(H,19,20)(H,21,22). The summed E-state index contributed by atoms with van der Waals surface area (Å²) < 4.78 is 5.84. The van der Waals surface area contributed by atoms with Gasteiger partial charge in [0.2, 0.25) is 5.91 Å². The minimum atomic E-state index is -1.00. The average Bonchev–Trinajstić information content (AvgIpc) is 2.53. The van der Waals surface area contributed by atoms with Gasteiger partial charge in [-0.2, -0.15) is 0 Å². The van der Waals surface area contributed by atoms with Crippen LogP contribution < -0.4 is 5.32 Å². The number of rotatable bonds is 4. The van der Waals surface area contributed by atoms with Gasteiger partial charge in [0, 0.05) is 24.0 Å². The van der Waals surface area contributed by atoms with Crippen LogP contribution >= 0.6 is 0 Å². The number of hydrogen-bond donors (Lipinski definition) is 2. The molecule has 1 saturated carbocycles. The molecule has 1 heterocycles. The molecule has 2 aliphatic rings. The highest BCUT2D eigenvalue weighted by atomic mass is 16.5. The van der Waals surface area contributed by atoms with Gasteiger partial charge in [0.1, 0.15) is 0 Å². The molecule has 0 bridgehead atoms. The SMILES string of the molecule is CC1(C)C(NC(=O)Cc2ccccc2C(=O)O)C2CCCOC21. The lowest BCUT2D eigenvalue weighted by atomic mass is 9.55. The van der Waals surface area contributed by atoms with E-state index in [-0.39, 0.29) is 35.5 Å². The Balaban J connectivity index is 1.67. The quantitative estimate of drug-likeness (QED) is 0.893. The third kappa shape index (κ3) is 2.85. The molecule has 1 amide bonds. The van der Waals surface area contributed by atoms with E-state index in [1.54, 1.807) is 18.2 Å². The number of hydrogen-bond acceptors (Lipinski definition) is 3.